The van der Waals surface area contributed by atoms with Gasteiger partial charge in [0.1, 0.15) is 5.75 Å². The van der Waals surface area contributed by atoms with Gasteiger partial charge in [-0.2, -0.15) is 0 Å². The van der Waals surface area contributed by atoms with Crippen molar-refractivity contribution < 1.29 is 19.1 Å². The van der Waals surface area contributed by atoms with Gasteiger partial charge in [0.05, 0.1) is 30.2 Å². The number of nitrogens with one attached hydrogen (secondary N) is 1. The minimum Gasteiger partial charge on any atom is -0.483 e. The van der Waals surface area contributed by atoms with Crippen LogP contribution in [0.1, 0.15) is 15.9 Å². The van der Waals surface area contributed by atoms with Crippen LogP contribution in [0.4, 0.5) is 11.4 Å². The highest BCUT2D eigenvalue weighted by atomic mass is 35.5. The predicted molar refractivity (Wildman–Crippen MR) is 125 cm³/mol. The lowest BCUT2D eigenvalue weighted by molar-refractivity contribution is -0.118. The topological polar surface area (TPSA) is 67.9 Å². The lowest BCUT2D eigenvalue weighted by atomic mass is 10.0. The summed E-state index contributed by atoms with van der Waals surface area (Å²) in [5, 5.41) is 3.33. The van der Waals surface area contributed by atoms with Gasteiger partial charge in [-0.1, -0.05) is 54.1 Å². The summed E-state index contributed by atoms with van der Waals surface area (Å²) in [4.78, 5) is 27.7. The molecule has 1 saturated heterocycles. The average Bonchev–Trinajstić information content (AvgIpc) is 2.84. The van der Waals surface area contributed by atoms with E-state index in [2.05, 4.69) is 10.2 Å². The van der Waals surface area contributed by atoms with Gasteiger partial charge in [0.2, 0.25) is 0 Å². The lowest BCUT2D eigenvalue weighted by Crippen LogP contribution is -2.37. The molecule has 0 saturated carbocycles. The number of amides is 1. The van der Waals surface area contributed by atoms with Crippen LogP contribution in [0.3, 0.4) is 0 Å². The van der Waals surface area contributed by atoms with Gasteiger partial charge < -0.3 is 19.7 Å². The molecule has 32 heavy (non-hydrogen) atoms. The molecule has 1 aliphatic rings. The van der Waals surface area contributed by atoms with Crippen molar-refractivity contribution in [1.29, 1.82) is 0 Å². The van der Waals surface area contributed by atoms with E-state index in [-0.39, 0.29) is 18.3 Å². The highest BCUT2D eigenvalue weighted by Crippen LogP contribution is 2.28. The molecule has 6 nitrogen and oxygen atoms in total. The Morgan fingerprint density at radius 2 is 1.69 bits per heavy atom. The van der Waals surface area contributed by atoms with Crippen molar-refractivity contribution in [2.24, 2.45) is 0 Å². The van der Waals surface area contributed by atoms with E-state index in [0.717, 1.165) is 18.8 Å². The Hall–Kier alpha value is -3.35. The Morgan fingerprint density at radius 3 is 2.47 bits per heavy atom. The van der Waals surface area contributed by atoms with Crippen molar-refractivity contribution in [2.45, 2.75) is 0 Å². The number of anilines is 2. The number of morpholine rings is 1. The Kier molecular flexibility index (Phi) is 7.04. The molecule has 3 aromatic rings. The van der Waals surface area contributed by atoms with Gasteiger partial charge in [0, 0.05) is 23.7 Å². The van der Waals surface area contributed by atoms with Crippen molar-refractivity contribution in [2.75, 3.05) is 43.1 Å². The molecule has 0 atom stereocenters. The summed E-state index contributed by atoms with van der Waals surface area (Å²) in [6.07, 6.45) is 0. The maximum absolute atomic E-state index is 12.9. The molecule has 3 aromatic carbocycles. The van der Waals surface area contributed by atoms with Gasteiger partial charge in [-0.25, -0.2) is 0 Å². The van der Waals surface area contributed by atoms with E-state index in [4.69, 9.17) is 21.1 Å². The van der Waals surface area contributed by atoms with E-state index in [0.29, 0.717) is 40.8 Å². The zero-order valence-electron chi connectivity index (χ0n) is 17.4. The molecular formula is C25H23ClN2O4. The number of rotatable bonds is 7. The minimum absolute atomic E-state index is 0.221. The maximum atomic E-state index is 12.9. The molecule has 1 amide bonds. The largest absolute Gasteiger partial charge is 0.483 e. The molecule has 0 unspecified atom stereocenters. The first-order valence-electron chi connectivity index (χ1n) is 10.4. The van der Waals surface area contributed by atoms with Crippen molar-refractivity contribution >= 4 is 34.7 Å². The summed E-state index contributed by atoms with van der Waals surface area (Å²) in [6, 6.07) is 21.3. The first-order valence-corrected chi connectivity index (χ1v) is 10.7. The molecule has 0 spiro atoms. The number of para-hydroxylation sites is 2. The number of nitrogens with zero attached hydrogens (tertiary/aromatic N) is 1. The van der Waals surface area contributed by atoms with Crippen LogP contribution < -0.4 is 15.0 Å². The van der Waals surface area contributed by atoms with Crippen LogP contribution in [0.25, 0.3) is 0 Å². The third kappa shape index (κ3) is 5.28. The van der Waals surface area contributed by atoms with Crippen molar-refractivity contribution in [1.82, 2.24) is 0 Å². The fourth-order valence-electron chi connectivity index (χ4n) is 3.54. The first kappa shape index (κ1) is 21.9. The SMILES string of the molecule is O=C(COc1ccc(Cl)cc1C(=O)c1ccccc1)Nc1ccccc1N1CCOCC1. The zero-order chi connectivity index (χ0) is 22.3. The van der Waals surface area contributed by atoms with Crippen LogP contribution in [0.15, 0.2) is 72.8 Å². The smallest absolute Gasteiger partial charge is 0.262 e. The molecule has 1 heterocycles. The second-order valence-corrected chi connectivity index (χ2v) is 7.73. The second-order valence-electron chi connectivity index (χ2n) is 7.29. The molecule has 0 aromatic heterocycles. The number of ketones is 1. The van der Waals surface area contributed by atoms with Gasteiger partial charge in [-0.15, -0.1) is 0 Å². The second kappa shape index (κ2) is 10.3. The monoisotopic (exact) mass is 450 g/mol. The predicted octanol–water partition coefficient (Wildman–Crippen LogP) is 4.43. The van der Waals surface area contributed by atoms with Gasteiger partial charge in [-0.3, -0.25) is 9.59 Å². The summed E-state index contributed by atoms with van der Waals surface area (Å²) in [5.74, 6) is -0.236. The van der Waals surface area contributed by atoms with Crippen molar-refractivity contribution in [3.8, 4) is 5.75 Å². The lowest BCUT2D eigenvalue weighted by Gasteiger charge is -2.30. The standard InChI is InChI=1S/C25H23ClN2O4/c26-19-10-11-23(20(16-19)25(30)18-6-2-1-3-7-18)32-17-24(29)27-21-8-4-5-9-22(21)28-12-14-31-15-13-28/h1-11,16H,12-15,17H2,(H,27,29). The van der Waals surface area contributed by atoms with E-state index >= 15 is 0 Å². The highest BCUT2D eigenvalue weighted by molar-refractivity contribution is 6.31. The summed E-state index contributed by atoms with van der Waals surface area (Å²) in [7, 11) is 0. The molecule has 1 fully saturated rings. The fraction of sp³-hybridized carbons (Fsp3) is 0.200. The Morgan fingerprint density at radius 1 is 0.969 bits per heavy atom. The average molecular weight is 451 g/mol. The Labute approximate surface area is 191 Å². The van der Waals surface area contributed by atoms with E-state index in [1.54, 1.807) is 42.5 Å². The van der Waals surface area contributed by atoms with Crippen LogP contribution in [0.2, 0.25) is 5.02 Å². The van der Waals surface area contributed by atoms with Crippen LogP contribution in [-0.4, -0.2) is 44.6 Å². The highest BCUT2D eigenvalue weighted by Gasteiger charge is 2.18. The molecule has 164 valence electrons. The zero-order valence-corrected chi connectivity index (χ0v) is 18.2. The summed E-state index contributed by atoms with van der Waals surface area (Å²) >= 11 is 6.11. The molecular weight excluding hydrogens is 428 g/mol. The van der Waals surface area contributed by atoms with E-state index in [1.165, 1.54) is 0 Å². The molecule has 0 aliphatic carbocycles. The van der Waals surface area contributed by atoms with Gasteiger partial charge in [-0.05, 0) is 30.3 Å². The van der Waals surface area contributed by atoms with E-state index in [1.807, 2.05) is 30.3 Å². The molecule has 4 rings (SSSR count). The number of ether oxygens (including phenoxy) is 2. The fourth-order valence-corrected chi connectivity index (χ4v) is 3.71. The van der Waals surface area contributed by atoms with Crippen LogP contribution in [0, 0.1) is 0 Å². The number of carbonyl (C=O) groups is 2. The third-order valence-corrected chi connectivity index (χ3v) is 5.35. The molecule has 1 aliphatic heterocycles. The van der Waals surface area contributed by atoms with Gasteiger partial charge in [0.25, 0.3) is 5.91 Å². The van der Waals surface area contributed by atoms with Crippen LogP contribution >= 0.6 is 11.6 Å². The molecule has 0 radical (unpaired) electrons. The number of hydrogen-bond acceptors (Lipinski definition) is 5. The van der Waals surface area contributed by atoms with Crippen molar-refractivity contribution in [3.05, 3.63) is 88.9 Å². The number of carbonyl (C=O) groups excluding carboxylic acids is 2. The normalized spacial score (nSPS) is 13.5. The summed E-state index contributed by atoms with van der Waals surface area (Å²) < 4.78 is 11.1. The molecule has 0 bridgehead atoms. The number of halogens is 1. The van der Waals surface area contributed by atoms with E-state index < -0.39 is 0 Å². The maximum Gasteiger partial charge on any atom is 0.262 e. The van der Waals surface area contributed by atoms with Gasteiger partial charge >= 0.3 is 0 Å². The third-order valence-electron chi connectivity index (χ3n) is 5.11. The van der Waals surface area contributed by atoms with Gasteiger partial charge in [0.15, 0.2) is 12.4 Å². The van der Waals surface area contributed by atoms with Crippen LogP contribution in [-0.2, 0) is 9.53 Å². The van der Waals surface area contributed by atoms with Crippen LogP contribution in [0.5, 0.6) is 5.75 Å². The Bertz CT molecular complexity index is 1100. The number of benzene rings is 3. The first-order chi connectivity index (χ1) is 15.6. The Balaban J connectivity index is 1.46. The van der Waals surface area contributed by atoms with Crippen molar-refractivity contribution in [3.63, 3.8) is 0 Å². The molecule has 1 N–H and O–H groups in total. The minimum atomic E-state index is -0.321. The quantitative estimate of drug-likeness (QED) is 0.539. The summed E-state index contributed by atoms with van der Waals surface area (Å²) in [6.45, 7) is 2.59. The number of hydrogen-bond donors (Lipinski definition) is 1. The summed E-state index contributed by atoms with van der Waals surface area (Å²) in [5.41, 5.74) is 2.48. The van der Waals surface area contributed by atoms with E-state index in [9.17, 15) is 9.59 Å². The molecule has 7 heteroatoms.